The van der Waals surface area contributed by atoms with Crippen LogP contribution in [0.3, 0.4) is 0 Å². The Morgan fingerprint density at radius 3 is 3.00 bits per heavy atom. The maximum absolute atomic E-state index is 12.2. The average molecular weight is 343 g/mol. The van der Waals surface area contributed by atoms with Crippen LogP contribution in [0.1, 0.15) is 31.2 Å². The lowest BCUT2D eigenvalue weighted by Gasteiger charge is -2.37. The van der Waals surface area contributed by atoms with Crippen molar-refractivity contribution in [2.24, 2.45) is 11.7 Å². The number of hydrogen-bond acceptors (Lipinski definition) is 5. The van der Waals surface area contributed by atoms with Crippen LogP contribution < -0.4 is 11.3 Å². The highest BCUT2D eigenvalue weighted by Gasteiger charge is 2.25. The largest absolute Gasteiger partial charge is 0.329 e. The van der Waals surface area contributed by atoms with E-state index in [1.165, 1.54) is 17.8 Å². The predicted octanol–water partition coefficient (Wildman–Crippen LogP) is 2.05. The topological polar surface area (TPSA) is 63.6 Å². The molecule has 0 saturated carbocycles. The monoisotopic (exact) mass is 342 g/mol. The zero-order valence-electron chi connectivity index (χ0n) is 13.0. The van der Waals surface area contributed by atoms with Crippen LogP contribution >= 0.6 is 23.7 Å². The summed E-state index contributed by atoms with van der Waals surface area (Å²) < 4.78 is 1.67. The van der Waals surface area contributed by atoms with Gasteiger partial charge in [0, 0.05) is 36.3 Å². The standard InChI is InChI=1S/C15H22N4OS.ClH/c1-10-3-4-18(13(5-10)7-16)8-12-6-14(20)19-11(2)9-21-15(19)17-12;/h6,9-10,13H,3-5,7-8,16H2,1-2H3;1H. The summed E-state index contributed by atoms with van der Waals surface area (Å²) in [5, 5.41) is 1.97. The summed E-state index contributed by atoms with van der Waals surface area (Å²) in [5.74, 6) is 0.732. The molecular formula is C15H23ClN4OS. The number of nitrogens with two attached hydrogens (primary N) is 1. The number of likely N-dealkylation sites (tertiary alicyclic amines) is 1. The Morgan fingerprint density at radius 1 is 1.50 bits per heavy atom. The Balaban J connectivity index is 0.00000176. The molecule has 2 aromatic rings. The molecule has 22 heavy (non-hydrogen) atoms. The first kappa shape index (κ1) is 17.4. The zero-order chi connectivity index (χ0) is 15.0. The van der Waals surface area contributed by atoms with Gasteiger partial charge in [-0.1, -0.05) is 6.92 Å². The van der Waals surface area contributed by atoms with Crippen molar-refractivity contribution in [3.05, 3.63) is 33.2 Å². The van der Waals surface area contributed by atoms with Gasteiger partial charge in [0.25, 0.3) is 5.56 Å². The molecule has 1 aliphatic heterocycles. The highest BCUT2D eigenvalue weighted by atomic mass is 35.5. The Labute approximate surface area is 140 Å². The Morgan fingerprint density at radius 2 is 2.27 bits per heavy atom. The molecule has 5 nitrogen and oxygen atoms in total. The van der Waals surface area contributed by atoms with Gasteiger partial charge in [-0.3, -0.25) is 14.1 Å². The third kappa shape index (κ3) is 3.35. The first-order valence-corrected chi connectivity index (χ1v) is 8.37. The molecule has 2 aromatic heterocycles. The fraction of sp³-hybridized carbons (Fsp3) is 0.600. The Hall–Kier alpha value is -0.950. The number of aromatic nitrogens is 2. The van der Waals surface area contributed by atoms with E-state index in [1.807, 2.05) is 12.3 Å². The van der Waals surface area contributed by atoms with Crippen molar-refractivity contribution < 1.29 is 0 Å². The number of piperidine rings is 1. The van der Waals surface area contributed by atoms with E-state index in [0.29, 0.717) is 12.6 Å². The average Bonchev–Trinajstić information content (AvgIpc) is 2.82. The van der Waals surface area contributed by atoms with E-state index in [4.69, 9.17) is 5.73 Å². The molecular weight excluding hydrogens is 320 g/mol. The van der Waals surface area contributed by atoms with E-state index < -0.39 is 0 Å². The van der Waals surface area contributed by atoms with Gasteiger partial charge in [-0.2, -0.15) is 0 Å². The van der Waals surface area contributed by atoms with Gasteiger partial charge in [0.1, 0.15) is 0 Å². The van der Waals surface area contributed by atoms with Crippen LogP contribution in [0.5, 0.6) is 0 Å². The van der Waals surface area contributed by atoms with Crippen LogP contribution in [0.4, 0.5) is 0 Å². The van der Waals surface area contributed by atoms with E-state index >= 15 is 0 Å². The second-order valence-corrected chi connectivity index (χ2v) is 6.91. The van der Waals surface area contributed by atoms with Gasteiger partial charge in [0.05, 0.1) is 5.69 Å². The second-order valence-electron chi connectivity index (χ2n) is 6.07. The maximum atomic E-state index is 12.2. The molecule has 2 atom stereocenters. The summed E-state index contributed by atoms with van der Waals surface area (Å²) in [6.07, 6.45) is 2.33. The van der Waals surface area contributed by atoms with Crippen LogP contribution in [0.15, 0.2) is 16.2 Å². The Kier molecular flexibility index (Phi) is 5.60. The van der Waals surface area contributed by atoms with Crippen molar-refractivity contribution in [3.63, 3.8) is 0 Å². The molecule has 0 amide bonds. The highest BCUT2D eigenvalue weighted by molar-refractivity contribution is 7.15. The number of thiazole rings is 1. The summed E-state index contributed by atoms with van der Waals surface area (Å²) in [5.41, 5.74) is 7.73. The minimum atomic E-state index is 0. The van der Waals surface area contributed by atoms with E-state index in [9.17, 15) is 4.79 Å². The van der Waals surface area contributed by atoms with Gasteiger partial charge in [-0.15, -0.1) is 23.7 Å². The molecule has 0 spiro atoms. The molecule has 3 heterocycles. The van der Waals surface area contributed by atoms with Gasteiger partial charge >= 0.3 is 0 Å². The summed E-state index contributed by atoms with van der Waals surface area (Å²) in [6, 6.07) is 2.07. The summed E-state index contributed by atoms with van der Waals surface area (Å²) >= 11 is 1.52. The SMILES string of the molecule is Cc1csc2nc(CN3CCC(C)CC3CN)cc(=O)n12.Cl. The van der Waals surface area contributed by atoms with Crippen LogP contribution in [-0.2, 0) is 6.54 Å². The van der Waals surface area contributed by atoms with Gasteiger partial charge in [-0.05, 0) is 32.2 Å². The molecule has 122 valence electrons. The van der Waals surface area contributed by atoms with Crippen LogP contribution in [0.2, 0.25) is 0 Å². The van der Waals surface area contributed by atoms with Crippen LogP contribution in [0, 0.1) is 12.8 Å². The number of aryl methyl sites for hydroxylation is 1. The molecule has 0 aromatic carbocycles. The summed E-state index contributed by atoms with van der Waals surface area (Å²) in [7, 11) is 0. The van der Waals surface area contributed by atoms with Crippen LogP contribution in [0.25, 0.3) is 4.96 Å². The maximum Gasteiger partial charge on any atom is 0.259 e. The number of nitrogens with zero attached hydrogens (tertiary/aromatic N) is 3. The summed E-state index contributed by atoms with van der Waals surface area (Å²) in [6.45, 7) is 6.64. The van der Waals surface area contributed by atoms with Crippen molar-refractivity contribution in [2.75, 3.05) is 13.1 Å². The van der Waals surface area contributed by atoms with Crippen molar-refractivity contribution in [1.29, 1.82) is 0 Å². The van der Waals surface area contributed by atoms with E-state index in [1.54, 1.807) is 10.5 Å². The molecule has 2 N–H and O–H groups in total. The minimum Gasteiger partial charge on any atom is -0.329 e. The quantitative estimate of drug-likeness (QED) is 0.927. The normalized spacial score (nSPS) is 22.7. The number of halogens is 1. The smallest absolute Gasteiger partial charge is 0.259 e. The lowest BCUT2D eigenvalue weighted by molar-refractivity contribution is 0.114. The lowest BCUT2D eigenvalue weighted by atomic mass is 9.92. The van der Waals surface area contributed by atoms with E-state index in [-0.39, 0.29) is 18.0 Å². The number of rotatable bonds is 3. The molecule has 0 radical (unpaired) electrons. The molecule has 1 fully saturated rings. The molecule has 1 saturated heterocycles. The first-order valence-electron chi connectivity index (χ1n) is 7.49. The third-order valence-corrected chi connectivity index (χ3v) is 5.31. The fourth-order valence-corrected chi connectivity index (χ4v) is 4.03. The highest BCUT2D eigenvalue weighted by Crippen LogP contribution is 2.23. The molecule has 7 heteroatoms. The van der Waals surface area contributed by atoms with Gasteiger partial charge in [-0.25, -0.2) is 4.98 Å². The fourth-order valence-electron chi connectivity index (χ4n) is 3.14. The summed E-state index contributed by atoms with van der Waals surface area (Å²) in [4.78, 5) is 20.0. The molecule has 1 aliphatic rings. The number of hydrogen-bond donors (Lipinski definition) is 1. The molecule has 0 bridgehead atoms. The van der Waals surface area contributed by atoms with Gasteiger partial charge in [0.15, 0.2) is 4.96 Å². The predicted molar refractivity (Wildman–Crippen MR) is 93.0 cm³/mol. The number of fused-ring (bicyclic) bond motifs is 1. The van der Waals surface area contributed by atoms with Crippen LogP contribution in [-0.4, -0.2) is 33.4 Å². The van der Waals surface area contributed by atoms with Gasteiger partial charge in [0.2, 0.25) is 0 Å². The van der Waals surface area contributed by atoms with E-state index in [0.717, 1.165) is 41.8 Å². The van der Waals surface area contributed by atoms with Gasteiger partial charge < -0.3 is 5.73 Å². The minimum absolute atomic E-state index is 0. The van der Waals surface area contributed by atoms with Crippen molar-refractivity contribution in [1.82, 2.24) is 14.3 Å². The van der Waals surface area contributed by atoms with Crippen molar-refractivity contribution >= 4 is 28.7 Å². The lowest BCUT2D eigenvalue weighted by Crippen LogP contribution is -2.45. The van der Waals surface area contributed by atoms with Crippen molar-refractivity contribution in [2.45, 2.75) is 39.3 Å². The molecule has 0 aliphatic carbocycles. The van der Waals surface area contributed by atoms with Crippen molar-refractivity contribution in [3.8, 4) is 0 Å². The molecule has 3 rings (SSSR count). The zero-order valence-corrected chi connectivity index (χ0v) is 14.6. The third-order valence-electron chi connectivity index (χ3n) is 4.37. The second kappa shape index (κ2) is 7.08. The van der Waals surface area contributed by atoms with E-state index in [2.05, 4.69) is 16.8 Å². The first-order chi connectivity index (χ1) is 10.1. The molecule has 2 unspecified atom stereocenters. The Bertz CT molecular complexity index is 698.